The van der Waals surface area contributed by atoms with E-state index in [0.29, 0.717) is 19.4 Å². The molecule has 0 aromatic rings. The van der Waals surface area contributed by atoms with E-state index in [0.717, 1.165) is 25.9 Å². The summed E-state index contributed by atoms with van der Waals surface area (Å²) in [6.07, 6.45) is 1.59. The molecule has 0 radical (unpaired) electrons. The second-order valence-electron chi connectivity index (χ2n) is 6.36. The van der Waals surface area contributed by atoms with Crippen molar-refractivity contribution in [1.29, 1.82) is 0 Å². The summed E-state index contributed by atoms with van der Waals surface area (Å²) in [7, 11) is 2.11. The van der Waals surface area contributed by atoms with Gasteiger partial charge in [-0.1, -0.05) is 6.92 Å². The van der Waals surface area contributed by atoms with Gasteiger partial charge in [-0.25, -0.2) is 4.79 Å². The Labute approximate surface area is 119 Å². The monoisotopic (exact) mass is 284 g/mol. The number of carbonyl (C=O) groups excluding carboxylic acids is 1. The molecule has 2 saturated heterocycles. The molecule has 20 heavy (non-hydrogen) atoms. The number of nitrogens with one attached hydrogen (secondary N) is 1. The lowest BCUT2D eigenvalue weighted by atomic mass is 9.80. The summed E-state index contributed by atoms with van der Waals surface area (Å²) < 4.78 is 5.25. The molecule has 2 aliphatic heterocycles. The molecule has 2 aliphatic rings. The summed E-state index contributed by atoms with van der Waals surface area (Å²) in [5.74, 6) is -1.16. The Morgan fingerprint density at radius 1 is 1.30 bits per heavy atom. The highest BCUT2D eigenvalue weighted by Crippen LogP contribution is 2.29. The molecule has 0 aliphatic carbocycles. The summed E-state index contributed by atoms with van der Waals surface area (Å²) in [6, 6.07) is 0. The molecule has 0 aromatic carbocycles. The summed E-state index contributed by atoms with van der Waals surface area (Å²) in [5, 5.41) is 11.8. The third kappa shape index (κ3) is 3.70. The smallest absolute Gasteiger partial charge is 0.332 e. The maximum Gasteiger partial charge on any atom is 0.332 e. The van der Waals surface area contributed by atoms with Crippen molar-refractivity contribution in [1.82, 2.24) is 10.2 Å². The van der Waals surface area contributed by atoms with E-state index < -0.39 is 18.2 Å². The highest BCUT2D eigenvalue weighted by Gasteiger charge is 2.36. The fourth-order valence-electron chi connectivity index (χ4n) is 2.76. The van der Waals surface area contributed by atoms with Crippen LogP contribution in [0.2, 0.25) is 0 Å². The number of hydrogen-bond acceptors (Lipinski definition) is 4. The number of rotatable bonds is 4. The second-order valence-corrected chi connectivity index (χ2v) is 6.36. The fraction of sp³-hybridized carbons (Fsp3) is 0.857. The number of piperidine rings is 1. The maximum absolute atomic E-state index is 12.0. The number of carboxylic acid groups (broad SMARTS) is 1. The van der Waals surface area contributed by atoms with E-state index in [2.05, 4.69) is 24.2 Å². The molecule has 0 bridgehead atoms. The molecule has 2 N–H and O–H groups in total. The molecule has 0 aromatic heterocycles. The molecule has 0 spiro atoms. The minimum atomic E-state index is -0.984. The van der Waals surface area contributed by atoms with Crippen LogP contribution in [0.15, 0.2) is 0 Å². The molecule has 2 rings (SSSR count). The molecule has 2 heterocycles. The highest BCUT2D eigenvalue weighted by molar-refractivity contribution is 5.82. The van der Waals surface area contributed by atoms with Gasteiger partial charge in [0, 0.05) is 6.54 Å². The van der Waals surface area contributed by atoms with Crippen molar-refractivity contribution in [3.05, 3.63) is 0 Å². The minimum absolute atomic E-state index is 0.132. The van der Waals surface area contributed by atoms with E-state index in [-0.39, 0.29) is 11.3 Å². The molecule has 0 unspecified atom stereocenters. The Balaban J connectivity index is 1.77. The Bertz CT molecular complexity index is 377. The van der Waals surface area contributed by atoms with Crippen molar-refractivity contribution < 1.29 is 19.4 Å². The zero-order valence-corrected chi connectivity index (χ0v) is 12.2. The number of amides is 1. The van der Waals surface area contributed by atoms with Gasteiger partial charge in [0.05, 0.1) is 0 Å². The first-order chi connectivity index (χ1) is 9.39. The Hall–Kier alpha value is -1.14. The van der Waals surface area contributed by atoms with Crippen LogP contribution < -0.4 is 5.32 Å². The molecule has 2 fully saturated rings. The van der Waals surface area contributed by atoms with Crippen LogP contribution in [0.3, 0.4) is 0 Å². The quantitative estimate of drug-likeness (QED) is 0.784. The van der Waals surface area contributed by atoms with Crippen molar-refractivity contribution in [3.63, 3.8) is 0 Å². The van der Waals surface area contributed by atoms with Crippen LogP contribution in [-0.2, 0) is 14.3 Å². The fourth-order valence-corrected chi connectivity index (χ4v) is 2.76. The van der Waals surface area contributed by atoms with Crippen LogP contribution in [-0.4, -0.2) is 60.8 Å². The Morgan fingerprint density at radius 2 is 1.90 bits per heavy atom. The van der Waals surface area contributed by atoms with Crippen LogP contribution >= 0.6 is 0 Å². The van der Waals surface area contributed by atoms with Crippen molar-refractivity contribution in [2.24, 2.45) is 5.41 Å². The SMILES string of the molecule is CN1CCC(C)(CNC(=O)[C@@H]2CC[C@H](C(=O)O)O2)CC1. The van der Waals surface area contributed by atoms with Crippen LogP contribution in [0.1, 0.15) is 32.6 Å². The van der Waals surface area contributed by atoms with Gasteiger partial charge < -0.3 is 20.1 Å². The molecule has 1 amide bonds. The summed E-state index contributed by atoms with van der Waals surface area (Å²) in [5.41, 5.74) is 0.132. The summed E-state index contributed by atoms with van der Waals surface area (Å²) >= 11 is 0. The lowest BCUT2D eigenvalue weighted by molar-refractivity contribution is -0.151. The van der Waals surface area contributed by atoms with Crippen LogP contribution in [0.5, 0.6) is 0 Å². The van der Waals surface area contributed by atoms with Gasteiger partial charge in [0.15, 0.2) is 6.10 Å². The average Bonchev–Trinajstić information content (AvgIpc) is 2.90. The first-order valence-corrected chi connectivity index (χ1v) is 7.24. The largest absolute Gasteiger partial charge is 0.479 e. The molecule has 2 atom stereocenters. The maximum atomic E-state index is 12.0. The van der Waals surface area contributed by atoms with E-state index in [1.54, 1.807) is 0 Å². The third-order valence-corrected chi connectivity index (χ3v) is 4.47. The zero-order valence-electron chi connectivity index (χ0n) is 12.2. The molecule has 6 heteroatoms. The lowest BCUT2D eigenvalue weighted by Gasteiger charge is -2.38. The third-order valence-electron chi connectivity index (χ3n) is 4.47. The molecular formula is C14H24N2O4. The van der Waals surface area contributed by atoms with Crippen molar-refractivity contribution in [2.45, 2.75) is 44.8 Å². The van der Waals surface area contributed by atoms with E-state index in [1.165, 1.54) is 0 Å². The highest BCUT2D eigenvalue weighted by atomic mass is 16.5. The first-order valence-electron chi connectivity index (χ1n) is 7.24. The van der Waals surface area contributed by atoms with Gasteiger partial charge in [-0.3, -0.25) is 4.79 Å². The number of ether oxygens (including phenoxy) is 1. The lowest BCUT2D eigenvalue weighted by Crippen LogP contribution is -2.45. The molecular weight excluding hydrogens is 260 g/mol. The van der Waals surface area contributed by atoms with E-state index in [9.17, 15) is 9.59 Å². The number of likely N-dealkylation sites (tertiary alicyclic amines) is 1. The van der Waals surface area contributed by atoms with Crippen molar-refractivity contribution >= 4 is 11.9 Å². The first kappa shape index (κ1) is 15.3. The number of carbonyl (C=O) groups is 2. The average molecular weight is 284 g/mol. The van der Waals surface area contributed by atoms with Crippen LogP contribution in [0.25, 0.3) is 0 Å². The molecule has 6 nitrogen and oxygen atoms in total. The number of hydrogen-bond donors (Lipinski definition) is 2. The second kappa shape index (κ2) is 6.10. The van der Waals surface area contributed by atoms with Gasteiger partial charge in [-0.2, -0.15) is 0 Å². The normalized spacial score (nSPS) is 30.1. The van der Waals surface area contributed by atoms with Gasteiger partial charge in [-0.15, -0.1) is 0 Å². The molecule has 114 valence electrons. The van der Waals surface area contributed by atoms with Gasteiger partial charge in [0.2, 0.25) is 5.91 Å². The van der Waals surface area contributed by atoms with E-state index in [4.69, 9.17) is 9.84 Å². The Morgan fingerprint density at radius 3 is 2.45 bits per heavy atom. The van der Waals surface area contributed by atoms with Gasteiger partial charge in [-0.05, 0) is 51.2 Å². The van der Waals surface area contributed by atoms with E-state index >= 15 is 0 Å². The van der Waals surface area contributed by atoms with E-state index in [1.807, 2.05) is 0 Å². The number of carboxylic acids is 1. The number of nitrogens with zero attached hydrogens (tertiary/aromatic N) is 1. The number of aliphatic carboxylic acids is 1. The zero-order chi connectivity index (χ0) is 14.8. The van der Waals surface area contributed by atoms with Crippen molar-refractivity contribution in [2.75, 3.05) is 26.7 Å². The minimum Gasteiger partial charge on any atom is -0.479 e. The van der Waals surface area contributed by atoms with Gasteiger partial charge in [0.1, 0.15) is 6.10 Å². The van der Waals surface area contributed by atoms with Gasteiger partial charge in [0.25, 0.3) is 0 Å². The van der Waals surface area contributed by atoms with Crippen LogP contribution in [0, 0.1) is 5.41 Å². The summed E-state index contributed by atoms with van der Waals surface area (Å²) in [4.78, 5) is 25.1. The predicted octanol–water partition coefficient (Wildman–Crippen LogP) is 0.467. The van der Waals surface area contributed by atoms with Crippen LogP contribution in [0.4, 0.5) is 0 Å². The van der Waals surface area contributed by atoms with Gasteiger partial charge >= 0.3 is 5.97 Å². The summed E-state index contributed by atoms with van der Waals surface area (Å²) in [6.45, 7) is 4.92. The molecule has 0 saturated carbocycles. The predicted molar refractivity (Wildman–Crippen MR) is 73.4 cm³/mol. The Kier molecular flexibility index (Phi) is 4.65. The standard InChI is InChI=1S/C14H24N2O4/c1-14(5-7-16(2)8-6-14)9-15-12(17)10-3-4-11(20-10)13(18)19/h10-11H,3-9H2,1-2H3,(H,15,17)(H,18,19)/t10-,11+/m0/s1. The topological polar surface area (TPSA) is 78.9 Å². The van der Waals surface area contributed by atoms with Crippen molar-refractivity contribution in [3.8, 4) is 0 Å².